The number of benzene rings is 2. The van der Waals surface area contributed by atoms with Crippen molar-refractivity contribution >= 4 is 28.4 Å². The Bertz CT molecular complexity index is 1540. The number of carbonyl (C=O) groups is 2. The van der Waals surface area contributed by atoms with Crippen molar-refractivity contribution in [3.8, 4) is 11.5 Å². The lowest BCUT2D eigenvalue weighted by atomic mass is 9.47. The molecule has 1 spiro atoms. The van der Waals surface area contributed by atoms with Gasteiger partial charge in [0.15, 0.2) is 23.4 Å². The number of fused-ring (bicyclic) bond motifs is 1. The monoisotopic (exact) mass is 511 g/mol. The lowest BCUT2D eigenvalue weighted by molar-refractivity contribution is -0.197. The van der Waals surface area contributed by atoms with E-state index in [1.54, 1.807) is 12.1 Å². The number of hydrogen-bond donors (Lipinski definition) is 3. The number of rotatable bonds is 4. The van der Waals surface area contributed by atoms with Crippen molar-refractivity contribution in [3.63, 3.8) is 0 Å². The van der Waals surface area contributed by atoms with Gasteiger partial charge < -0.3 is 20.3 Å². The van der Waals surface area contributed by atoms with Crippen molar-refractivity contribution in [3.05, 3.63) is 59.7 Å². The summed E-state index contributed by atoms with van der Waals surface area (Å²) in [7, 11) is 0. The molecule has 3 heterocycles. The number of phenols is 1. The van der Waals surface area contributed by atoms with E-state index in [1.165, 1.54) is 12.8 Å². The number of aromatic hydroxyl groups is 1. The first-order chi connectivity index (χ1) is 18.4. The number of para-hydroxylation sites is 1. The van der Waals surface area contributed by atoms with Gasteiger partial charge >= 0.3 is 0 Å². The van der Waals surface area contributed by atoms with Crippen molar-refractivity contribution in [1.29, 1.82) is 0 Å². The molecule has 2 aliphatic heterocycles. The molecule has 3 N–H and O–H groups in total. The van der Waals surface area contributed by atoms with Crippen LogP contribution in [0.3, 0.4) is 0 Å². The molecule has 8 heteroatoms. The summed E-state index contributed by atoms with van der Waals surface area (Å²) in [5.41, 5.74) is 0.230. The van der Waals surface area contributed by atoms with Crippen LogP contribution in [0.15, 0.2) is 48.5 Å². The zero-order valence-electron chi connectivity index (χ0n) is 20.9. The number of Topliss-reactive ketones (excluding diaryl/α,β-unsaturated/α-hetero) is 1. The van der Waals surface area contributed by atoms with Gasteiger partial charge in [0.2, 0.25) is 5.91 Å². The van der Waals surface area contributed by atoms with E-state index < -0.39 is 28.9 Å². The van der Waals surface area contributed by atoms with Crippen LogP contribution in [0.2, 0.25) is 0 Å². The largest absolute Gasteiger partial charge is 0.504 e. The number of aromatic nitrogens is 1. The summed E-state index contributed by atoms with van der Waals surface area (Å²) < 4.78 is 6.23. The molecule has 2 aromatic carbocycles. The molecule has 194 valence electrons. The van der Waals surface area contributed by atoms with E-state index in [9.17, 15) is 19.8 Å². The summed E-state index contributed by atoms with van der Waals surface area (Å²) in [6.07, 6.45) is 2.55. The van der Waals surface area contributed by atoms with Gasteiger partial charge in [-0.15, -0.1) is 0 Å². The van der Waals surface area contributed by atoms with Gasteiger partial charge in [-0.1, -0.05) is 24.3 Å². The first kappa shape index (κ1) is 22.5. The standard InChI is InChI=1S/C30H29N3O5/c34-21-9-7-18-13-22-30(37)14-19(28(36)32-23-10-8-17-3-1-2-4-20(17)31-23)25(35)27-29(30,24(18)26(21)38-27)11-12-33(22)15-16-5-6-16/h1-4,7-10,16,19,22,27,34,37H,5-6,11-15H2,(H,31,32,36)/t19?,22-,27+,29+,30-/m1/s1. The number of carbonyl (C=O) groups excluding carboxylic acids is 2. The van der Waals surface area contributed by atoms with E-state index in [-0.39, 0.29) is 24.0 Å². The Hall–Kier alpha value is -3.49. The average Bonchev–Trinajstić information content (AvgIpc) is 3.65. The van der Waals surface area contributed by atoms with Gasteiger partial charge in [0.25, 0.3) is 0 Å². The van der Waals surface area contributed by atoms with E-state index >= 15 is 0 Å². The van der Waals surface area contributed by atoms with Crippen LogP contribution >= 0.6 is 0 Å². The molecule has 3 fully saturated rings. The summed E-state index contributed by atoms with van der Waals surface area (Å²) >= 11 is 0. The minimum atomic E-state index is -1.34. The van der Waals surface area contributed by atoms with Crippen LogP contribution in [0, 0.1) is 11.8 Å². The van der Waals surface area contributed by atoms with E-state index in [2.05, 4.69) is 15.2 Å². The zero-order valence-corrected chi connectivity index (χ0v) is 20.9. The molecule has 38 heavy (non-hydrogen) atoms. The number of ether oxygens (including phenoxy) is 1. The average molecular weight is 512 g/mol. The molecule has 5 aliphatic rings. The molecule has 0 radical (unpaired) electrons. The third kappa shape index (κ3) is 2.85. The minimum Gasteiger partial charge on any atom is -0.504 e. The maximum Gasteiger partial charge on any atom is 0.236 e. The van der Waals surface area contributed by atoms with E-state index in [0.717, 1.165) is 35.1 Å². The maximum absolute atomic E-state index is 14.0. The summed E-state index contributed by atoms with van der Waals surface area (Å²) in [5.74, 6) is -0.638. The number of anilines is 1. The SMILES string of the molecule is O=C(Nc1ccc2ccccc2n1)C1C[C@@]2(O)[C@H]3Cc4ccc(O)c5c4[C@@]2(CCN3CC2CC2)[C@@H](O5)C1=O. The highest BCUT2D eigenvalue weighted by Gasteiger charge is 2.75. The van der Waals surface area contributed by atoms with Crippen LogP contribution in [0.4, 0.5) is 5.82 Å². The van der Waals surface area contributed by atoms with Crippen molar-refractivity contribution in [1.82, 2.24) is 9.88 Å². The third-order valence-corrected chi connectivity index (χ3v) is 9.80. The Kier molecular flexibility index (Phi) is 4.47. The number of phenolic OH excluding ortho intramolecular Hbond substituents is 1. The van der Waals surface area contributed by atoms with Gasteiger partial charge in [0.1, 0.15) is 11.7 Å². The van der Waals surface area contributed by atoms with Crippen LogP contribution in [-0.2, 0) is 21.4 Å². The fourth-order valence-electron chi connectivity index (χ4n) is 7.87. The van der Waals surface area contributed by atoms with E-state index in [0.29, 0.717) is 30.3 Å². The van der Waals surface area contributed by atoms with Gasteiger partial charge in [-0.25, -0.2) is 4.98 Å². The summed E-state index contributed by atoms with van der Waals surface area (Å²) in [4.78, 5) is 34.6. The molecule has 2 bridgehead atoms. The highest BCUT2D eigenvalue weighted by atomic mass is 16.5. The Balaban J connectivity index is 1.20. The number of hydrogen-bond acceptors (Lipinski definition) is 7. The number of aliphatic hydroxyl groups is 1. The van der Waals surface area contributed by atoms with Crippen molar-refractivity contribution in [2.75, 3.05) is 18.4 Å². The molecule has 1 aromatic heterocycles. The number of pyridine rings is 1. The quantitative estimate of drug-likeness (QED) is 0.462. The summed E-state index contributed by atoms with van der Waals surface area (Å²) in [5, 5.41) is 27.2. The van der Waals surface area contributed by atoms with Crippen LogP contribution in [0.1, 0.15) is 36.8 Å². The zero-order chi connectivity index (χ0) is 25.8. The number of nitrogens with one attached hydrogen (secondary N) is 1. The number of ketones is 1. The fraction of sp³-hybridized carbons (Fsp3) is 0.433. The number of nitrogens with zero attached hydrogens (tertiary/aromatic N) is 2. The second-order valence-electron chi connectivity index (χ2n) is 11.8. The Morgan fingerprint density at radius 3 is 2.84 bits per heavy atom. The van der Waals surface area contributed by atoms with Crippen LogP contribution in [0.25, 0.3) is 10.9 Å². The normalized spacial score (nSPS) is 33.1. The topological polar surface area (TPSA) is 112 Å². The molecule has 1 unspecified atom stereocenters. The Morgan fingerprint density at radius 1 is 1.16 bits per heavy atom. The van der Waals surface area contributed by atoms with E-state index in [1.807, 2.05) is 36.4 Å². The second kappa shape index (κ2) is 7.55. The molecule has 8 nitrogen and oxygen atoms in total. The van der Waals surface area contributed by atoms with Crippen LogP contribution in [0.5, 0.6) is 11.5 Å². The van der Waals surface area contributed by atoms with Crippen molar-refractivity contribution < 1.29 is 24.5 Å². The van der Waals surface area contributed by atoms with Crippen molar-refractivity contribution in [2.45, 2.75) is 55.3 Å². The Labute approximate surface area is 219 Å². The molecular formula is C30H29N3O5. The predicted molar refractivity (Wildman–Crippen MR) is 139 cm³/mol. The smallest absolute Gasteiger partial charge is 0.236 e. The first-order valence-corrected chi connectivity index (χ1v) is 13.6. The molecule has 3 aromatic rings. The molecule has 2 saturated carbocycles. The lowest BCUT2D eigenvalue weighted by Crippen LogP contribution is -2.78. The van der Waals surface area contributed by atoms with Crippen molar-refractivity contribution in [2.24, 2.45) is 11.8 Å². The Morgan fingerprint density at radius 2 is 2.00 bits per heavy atom. The highest BCUT2D eigenvalue weighted by molar-refractivity contribution is 6.10. The molecule has 8 rings (SSSR count). The van der Waals surface area contributed by atoms with Gasteiger partial charge in [0.05, 0.1) is 16.5 Å². The first-order valence-electron chi connectivity index (χ1n) is 13.6. The predicted octanol–water partition coefficient (Wildman–Crippen LogP) is 2.94. The van der Waals surface area contributed by atoms with E-state index in [4.69, 9.17) is 4.74 Å². The summed E-state index contributed by atoms with van der Waals surface area (Å²) in [6, 6.07) is 14.5. The molecule has 1 amide bonds. The number of likely N-dealkylation sites (tertiary alicyclic amines) is 1. The molecule has 5 atom stereocenters. The number of piperidine rings is 1. The van der Waals surface area contributed by atoms with Gasteiger partial charge in [0, 0.05) is 23.5 Å². The van der Waals surface area contributed by atoms with Gasteiger partial charge in [-0.2, -0.15) is 0 Å². The molecule has 1 saturated heterocycles. The lowest BCUT2D eigenvalue weighted by Gasteiger charge is -2.63. The highest BCUT2D eigenvalue weighted by Crippen LogP contribution is 2.65. The molecular weight excluding hydrogens is 482 g/mol. The second-order valence-corrected chi connectivity index (χ2v) is 11.8. The van der Waals surface area contributed by atoms with Gasteiger partial charge in [-0.05, 0) is 74.4 Å². The molecule has 3 aliphatic carbocycles. The third-order valence-electron chi connectivity index (χ3n) is 9.80. The fourth-order valence-corrected chi connectivity index (χ4v) is 7.87. The summed E-state index contributed by atoms with van der Waals surface area (Å²) in [6.45, 7) is 1.67. The van der Waals surface area contributed by atoms with Gasteiger partial charge in [-0.3, -0.25) is 14.5 Å². The van der Waals surface area contributed by atoms with Crippen LogP contribution < -0.4 is 10.1 Å². The van der Waals surface area contributed by atoms with Crippen LogP contribution in [-0.4, -0.2) is 62.6 Å². The number of amides is 1. The maximum atomic E-state index is 14.0. The minimum absolute atomic E-state index is 0.0193.